The van der Waals surface area contributed by atoms with Crippen molar-refractivity contribution < 1.29 is 23.1 Å². The van der Waals surface area contributed by atoms with Gasteiger partial charge >= 0.3 is 17.8 Å². The number of hydrogen-bond donors (Lipinski definition) is 3. The molecule has 2 aromatic heterocycles. The predicted molar refractivity (Wildman–Crippen MR) is 135 cm³/mol. The molecule has 1 aliphatic heterocycles. The van der Waals surface area contributed by atoms with Crippen LogP contribution in [-0.4, -0.2) is 62.5 Å². The van der Waals surface area contributed by atoms with Crippen molar-refractivity contribution in [2.45, 2.75) is 12.7 Å². The fourth-order valence-electron chi connectivity index (χ4n) is 3.96. The molecule has 0 saturated carbocycles. The number of rotatable bonds is 4. The van der Waals surface area contributed by atoms with Crippen LogP contribution in [0.15, 0.2) is 64.2 Å². The zero-order valence-corrected chi connectivity index (χ0v) is 20.5. The Bertz CT molecular complexity index is 1560. The Morgan fingerprint density at radius 1 is 1.03 bits per heavy atom. The lowest BCUT2D eigenvalue weighted by atomic mass is 10.2. The summed E-state index contributed by atoms with van der Waals surface area (Å²) in [5.74, 6) is -2.16. The van der Waals surface area contributed by atoms with Gasteiger partial charge in [0.2, 0.25) is 5.95 Å². The van der Waals surface area contributed by atoms with Crippen LogP contribution in [0.25, 0.3) is 16.9 Å². The highest BCUT2D eigenvalue weighted by atomic mass is 35.5. The third-order valence-electron chi connectivity index (χ3n) is 5.70. The van der Waals surface area contributed by atoms with Crippen molar-refractivity contribution in [2.75, 3.05) is 31.1 Å². The number of piperazine rings is 1. The van der Waals surface area contributed by atoms with Crippen LogP contribution in [0.2, 0.25) is 5.02 Å². The monoisotopic (exact) mass is 550 g/mol. The van der Waals surface area contributed by atoms with Crippen molar-refractivity contribution in [1.29, 1.82) is 0 Å². The van der Waals surface area contributed by atoms with Crippen LogP contribution < -0.4 is 21.5 Å². The number of benzene rings is 2. The first-order valence-electron chi connectivity index (χ1n) is 11.4. The van der Waals surface area contributed by atoms with Crippen molar-refractivity contribution in [3.05, 3.63) is 86.0 Å². The van der Waals surface area contributed by atoms with Gasteiger partial charge in [0.25, 0.3) is 5.56 Å². The standard InChI is InChI=1S/C22H21ClN6O2.C2HF3O2/c23-16-8-4-5-9-17(16)29-18-19(25-21(29)27-12-10-24-11-13-27)28(22(31)26-20(18)30)14-15-6-2-1-3-7-15;3-2(4,5)1(6)7/h1-9,24H,10-14H2,(H,26,30,31);(H,6,7). The first-order chi connectivity index (χ1) is 18.1. The molecule has 0 radical (unpaired) electrons. The van der Waals surface area contributed by atoms with Gasteiger partial charge in [-0.15, -0.1) is 0 Å². The molecule has 38 heavy (non-hydrogen) atoms. The lowest BCUT2D eigenvalue weighted by Crippen LogP contribution is -2.44. The zero-order chi connectivity index (χ0) is 27.4. The molecule has 200 valence electrons. The Balaban J connectivity index is 0.000000426. The second-order valence-electron chi connectivity index (χ2n) is 8.24. The number of fused-ring (bicyclic) bond motifs is 1. The molecule has 0 spiro atoms. The van der Waals surface area contributed by atoms with E-state index in [1.54, 1.807) is 10.6 Å². The van der Waals surface area contributed by atoms with Gasteiger partial charge in [0.05, 0.1) is 17.3 Å². The molecule has 3 N–H and O–H groups in total. The van der Waals surface area contributed by atoms with Gasteiger partial charge in [-0.25, -0.2) is 9.59 Å². The van der Waals surface area contributed by atoms with Gasteiger partial charge in [-0.3, -0.25) is 18.9 Å². The summed E-state index contributed by atoms with van der Waals surface area (Å²) in [7, 11) is 0. The highest BCUT2D eigenvalue weighted by molar-refractivity contribution is 6.32. The van der Waals surface area contributed by atoms with E-state index < -0.39 is 23.4 Å². The number of halogens is 4. The van der Waals surface area contributed by atoms with E-state index in [9.17, 15) is 22.8 Å². The number of aromatic nitrogens is 4. The van der Waals surface area contributed by atoms with E-state index >= 15 is 0 Å². The number of aliphatic carboxylic acids is 1. The van der Waals surface area contributed by atoms with Crippen molar-refractivity contribution in [3.8, 4) is 5.69 Å². The van der Waals surface area contributed by atoms with E-state index in [1.165, 1.54) is 4.57 Å². The molecular weight excluding hydrogens is 529 g/mol. The van der Waals surface area contributed by atoms with Gasteiger partial charge in [0, 0.05) is 26.2 Å². The van der Waals surface area contributed by atoms with E-state index in [2.05, 4.69) is 15.2 Å². The number of carbonyl (C=O) groups is 1. The van der Waals surface area contributed by atoms with Crippen LogP contribution in [-0.2, 0) is 11.3 Å². The normalized spacial score (nSPS) is 13.7. The Morgan fingerprint density at radius 2 is 1.63 bits per heavy atom. The fourth-order valence-corrected chi connectivity index (χ4v) is 4.18. The Kier molecular flexibility index (Phi) is 7.88. The number of alkyl halides is 3. The van der Waals surface area contributed by atoms with Gasteiger partial charge in [0.15, 0.2) is 11.2 Å². The maximum atomic E-state index is 13.0. The highest BCUT2D eigenvalue weighted by Crippen LogP contribution is 2.29. The summed E-state index contributed by atoms with van der Waals surface area (Å²) in [5, 5.41) is 10.9. The van der Waals surface area contributed by atoms with Crippen LogP contribution in [0, 0.1) is 0 Å². The quantitative estimate of drug-likeness (QED) is 0.357. The largest absolute Gasteiger partial charge is 0.490 e. The van der Waals surface area contributed by atoms with Gasteiger partial charge in [0.1, 0.15) is 0 Å². The number of imidazole rings is 1. The van der Waals surface area contributed by atoms with Crippen LogP contribution in [0.3, 0.4) is 0 Å². The minimum Gasteiger partial charge on any atom is -0.475 e. The molecule has 1 fully saturated rings. The Labute approximate surface area is 217 Å². The van der Waals surface area contributed by atoms with Crippen LogP contribution in [0.5, 0.6) is 0 Å². The SMILES string of the molecule is O=C(O)C(F)(F)F.O=c1[nH]c(=O)n(Cc2ccccc2)c2nc(N3CCNCC3)n(-c3ccccc3Cl)c12. The maximum absolute atomic E-state index is 13.0. The molecule has 10 nitrogen and oxygen atoms in total. The average Bonchev–Trinajstić information content (AvgIpc) is 3.29. The summed E-state index contributed by atoms with van der Waals surface area (Å²) in [6.45, 7) is 3.37. The first kappa shape index (κ1) is 26.9. The highest BCUT2D eigenvalue weighted by Gasteiger charge is 2.38. The number of H-pyrrole nitrogens is 1. The molecule has 5 rings (SSSR count). The number of carboxylic acids is 1. The third kappa shape index (κ3) is 5.73. The number of nitrogens with zero attached hydrogens (tertiary/aromatic N) is 4. The van der Waals surface area contributed by atoms with E-state index in [0.29, 0.717) is 34.4 Å². The molecule has 0 unspecified atom stereocenters. The molecule has 0 amide bonds. The number of aromatic amines is 1. The summed E-state index contributed by atoms with van der Waals surface area (Å²) < 4.78 is 35.0. The molecule has 3 heterocycles. The molecule has 0 atom stereocenters. The van der Waals surface area contributed by atoms with Gasteiger partial charge in [-0.1, -0.05) is 54.1 Å². The van der Waals surface area contributed by atoms with E-state index in [4.69, 9.17) is 26.5 Å². The minimum atomic E-state index is -5.08. The number of para-hydroxylation sites is 1. The molecular formula is C24H22ClF3N6O4. The molecule has 1 aliphatic rings. The number of carboxylic acid groups (broad SMARTS) is 1. The summed E-state index contributed by atoms with van der Waals surface area (Å²) in [6, 6.07) is 16.9. The van der Waals surface area contributed by atoms with Crippen molar-refractivity contribution >= 4 is 34.7 Å². The average molecular weight is 551 g/mol. The summed E-state index contributed by atoms with van der Waals surface area (Å²) in [4.78, 5) is 44.1. The topological polar surface area (TPSA) is 125 Å². The Hall–Kier alpha value is -4.10. The maximum Gasteiger partial charge on any atom is 0.490 e. The minimum absolute atomic E-state index is 0.299. The molecule has 0 bridgehead atoms. The lowest BCUT2D eigenvalue weighted by molar-refractivity contribution is -0.192. The molecule has 2 aromatic carbocycles. The van der Waals surface area contributed by atoms with Crippen LogP contribution in [0.4, 0.5) is 19.1 Å². The van der Waals surface area contributed by atoms with Crippen LogP contribution in [0.1, 0.15) is 5.56 Å². The van der Waals surface area contributed by atoms with E-state index in [0.717, 1.165) is 31.7 Å². The lowest BCUT2D eigenvalue weighted by Gasteiger charge is -2.28. The number of anilines is 1. The summed E-state index contributed by atoms with van der Waals surface area (Å²) >= 11 is 6.52. The smallest absolute Gasteiger partial charge is 0.475 e. The van der Waals surface area contributed by atoms with Gasteiger partial charge in [-0.2, -0.15) is 18.2 Å². The van der Waals surface area contributed by atoms with Gasteiger partial charge in [-0.05, 0) is 17.7 Å². The molecule has 1 saturated heterocycles. The van der Waals surface area contributed by atoms with E-state index in [1.807, 2.05) is 48.5 Å². The second kappa shape index (κ2) is 11.1. The zero-order valence-electron chi connectivity index (χ0n) is 19.7. The fraction of sp³-hybridized carbons (Fsp3) is 0.250. The van der Waals surface area contributed by atoms with Crippen molar-refractivity contribution in [2.24, 2.45) is 0 Å². The molecule has 4 aromatic rings. The van der Waals surface area contributed by atoms with E-state index in [-0.39, 0.29) is 0 Å². The van der Waals surface area contributed by atoms with Crippen molar-refractivity contribution in [3.63, 3.8) is 0 Å². The van der Waals surface area contributed by atoms with Gasteiger partial charge < -0.3 is 15.3 Å². The summed E-state index contributed by atoms with van der Waals surface area (Å²) in [6.07, 6.45) is -5.08. The molecule has 0 aliphatic carbocycles. The first-order valence-corrected chi connectivity index (χ1v) is 11.8. The third-order valence-corrected chi connectivity index (χ3v) is 6.02. The number of nitrogens with one attached hydrogen (secondary N) is 2. The van der Waals surface area contributed by atoms with Crippen molar-refractivity contribution in [1.82, 2.24) is 24.4 Å². The molecule has 14 heteroatoms. The predicted octanol–water partition coefficient (Wildman–Crippen LogP) is 2.62. The number of hydrogen-bond acceptors (Lipinski definition) is 6. The summed E-state index contributed by atoms with van der Waals surface area (Å²) in [5.41, 5.74) is 1.25. The van der Waals surface area contributed by atoms with Crippen LogP contribution >= 0.6 is 11.6 Å². The second-order valence-corrected chi connectivity index (χ2v) is 8.65. The Morgan fingerprint density at radius 3 is 2.24 bits per heavy atom.